The number of nitrogen functional groups attached to an aromatic ring is 2. The summed E-state index contributed by atoms with van der Waals surface area (Å²) in [5.41, 5.74) is 2.42. The Morgan fingerprint density at radius 1 is 1.46 bits per heavy atom. The first kappa shape index (κ1) is 9.36. The van der Waals surface area contributed by atoms with Crippen LogP contribution in [0.2, 0.25) is 0 Å². The van der Waals surface area contributed by atoms with Gasteiger partial charge in [0.25, 0.3) is 0 Å². The fraction of sp³-hybridized carbons (Fsp3) is 0.200. The number of anilines is 1. The van der Waals surface area contributed by atoms with Crippen LogP contribution in [-0.4, -0.2) is 9.66 Å². The molecule has 0 saturated heterocycles. The van der Waals surface area contributed by atoms with E-state index >= 15 is 0 Å². The van der Waals surface area contributed by atoms with Crippen molar-refractivity contribution in [2.45, 2.75) is 6.18 Å². The number of hydrogen-bond donors (Lipinski definition) is 2. The molecular weight excluding hydrogens is 189 g/mol. The van der Waals surface area contributed by atoms with Gasteiger partial charge in [-0.25, -0.2) is 4.79 Å². The Balaban J connectivity index is 3.38. The topological polar surface area (TPSA) is 86.9 Å². The molecule has 5 nitrogen and oxygen atoms in total. The quantitative estimate of drug-likeness (QED) is 0.548. The summed E-state index contributed by atoms with van der Waals surface area (Å²) in [6, 6.07) is 0.487. The summed E-state index contributed by atoms with van der Waals surface area (Å²) >= 11 is 0. The van der Waals surface area contributed by atoms with E-state index in [1.54, 1.807) is 0 Å². The van der Waals surface area contributed by atoms with E-state index in [2.05, 4.69) is 4.98 Å². The van der Waals surface area contributed by atoms with Crippen molar-refractivity contribution in [1.29, 1.82) is 0 Å². The lowest BCUT2D eigenvalue weighted by Gasteiger charge is -2.07. The number of hydrogen-bond acceptors (Lipinski definition) is 4. The van der Waals surface area contributed by atoms with Gasteiger partial charge in [0.2, 0.25) is 0 Å². The number of aromatic nitrogens is 2. The van der Waals surface area contributed by atoms with Crippen LogP contribution in [0.3, 0.4) is 0 Å². The molecule has 0 aliphatic rings. The van der Waals surface area contributed by atoms with Gasteiger partial charge in [0.1, 0.15) is 5.82 Å². The Labute approximate surface area is 69.8 Å². The molecule has 0 aliphatic carbocycles. The molecule has 0 aliphatic heterocycles. The highest BCUT2D eigenvalue weighted by Gasteiger charge is 2.33. The standard InChI is InChI=1S/C5H5F3N4O/c6-5(7,8)2-1-3(9)12(10)4(13)11-2/h1H,9-10H2. The lowest BCUT2D eigenvalue weighted by molar-refractivity contribution is -0.141. The van der Waals surface area contributed by atoms with E-state index in [4.69, 9.17) is 11.6 Å². The molecule has 72 valence electrons. The minimum atomic E-state index is -4.69. The molecule has 0 atom stereocenters. The summed E-state index contributed by atoms with van der Waals surface area (Å²) < 4.78 is 36.2. The van der Waals surface area contributed by atoms with Crippen LogP contribution in [0, 0.1) is 0 Å². The summed E-state index contributed by atoms with van der Waals surface area (Å²) in [5.74, 6) is 4.45. The minimum Gasteiger partial charge on any atom is -0.384 e. The van der Waals surface area contributed by atoms with E-state index in [1.807, 2.05) is 0 Å². The number of alkyl halides is 3. The van der Waals surface area contributed by atoms with Crippen molar-refractivity contribution in [3.63, 3.8) is 0 Å². The number of rotatable bonds is 0. The van der Waals surface area contributed by atoms with Crippen molar-refractivity contribution in [2.24, 2.45) is 0 Å². The molecule has 8 heteroatoms. The zero-order valence-electron chi connectivity index (χ0n) is 6.17. The maximum Gasteiger partial charge on any atom is 0.433 e. The normalized spacial score (nSPS) is 11.6. The van der Waals surface area contributed by atoms with Gasteiger partial charge in [-0.1, -0.05) is 0 Å². The summed E-state index contributed by atoms with van der Waals surface area (Å²) in [5, 5.41) is 0. The maximum absolute atomic E-state index is 12.0. The second kappa shape index (κ2) is 2.64. The van der Waals surface area contributed by atoms with Crippen molar-refractivity contribution >= 4 is 5.82 Å². The molecule has 1 rings (SSSR count). The van der Waals surface area contributed by atoms with Crippen molar-refractivity contribution in [1.82, 2.24) is 9.66 Å². The van der Waals surface area contributed by atoms with Crippen molar-refractivity contribution < 1.29 is 13.2 Å². The zero-order chi connectivity index (χ0) is 10.2. The van der Waals surface area contributed by atoms with Gasteiger partial charge < -0.3 is 11.6 Å². The number of halogens is 3. The third kappa shape index (κ3) is 1.71. The van der Waals surface area contributed by atoms with Gasteiger partial charge in [0, 0.05) is 6.07 Å². The van der Waals surface area contributed by atoms with E-state index in [0.29, 0.717) is 10.7 Å². The van der Waals surface area contributed by atoms with Gasteiger partial charge in [-0.3, -0.25) is 0 Å². The summed E-state index contributed by atoms with van der Waals surface area (Å²) in [6.07, 6.45) is -4.69. The van der Waals surface area contributed by atoms with Gasteiger partial charge in [0.05, 0.1) is 0 Å². The highest BCUT2D eigenvalue weighted by atomic mass is 19.4. The monoisotopic (exact) mass is 194 g/mol. The Morgan fingerprint density at radius 3 is 2.38 bits per heavy atom. The molecule has 0 fully saturated rings. The highest BCUT2D eigenvalue weighted by Crippen LogP contribution is 2.27. The molecule has 0 amide bonds. The molecule has 0 bridgehead atoms. The summed E-state index contributed by atoms with van der Waals surface area (Å²) in [4.78, 5) is 13.3. The summed E-state index contributed by atoms with van der Waals surface area (Å²) in [7, 11) is 0. The van der Waals surface area contributed by atoms with Crippen molar-refractivity contribution in [2.75, 3.05) is 11.6 Å². The Kier molecular flexibility index (Phi) is 1.90. The van der Waals surface area contributed by atoms with Crippen LogP contribution in [0.15, 0.2) is 10.9 Å². The van der Waals surface area contributed by atoms with Gasteiger partial charge >= 0.3 is 11.9 Å². The van der Waals surface area contributed by atoms with Crippen molar-refractivity contribution in [3.05, 3.63) is 22.2 Å². The van der Waals surface area contributed by atoms with Crippen LogP contribution in [-0.2, 0) is 6.18 Å². The van der Waals surface area contributed by atoms with Gasteiger partial charge in [-0.2, -0.15) is 22.8 Å². The first-order chi connectivity index (χ1) is 5.82. The van der Waals surface area contributed by atoms with E-state index in [1.165, 1.54) is 0 Å². The molecular formula is C5H5F3N4O. The Hall–Kier alpha value is -1.73. The molecule has 4 N–H and O–H groups in total. The van der Waals surface area contributed by atoms with Crippen LogP contribution in [0.5, 0.6) is 0 Å². The summed E-state index contributed by atoms with van der Waals surface area (Å²) in [6.45, 7) is 0. The second-order valence-electron chi connectivity index (χ2n) is 2.22. The number of nitrogens with zero attached hydrogens (tertiary/aromatic N) is 2. The largest absolute Gasteiger partial charge is 0.433 e. The van der Waals surface area contributed by atoms with Gasteiger partial charge in [-0.05, 0) is 0 Å². The molecule has 0 saturated carbocycles. The Bertz CT molecular complexity index is 382. The molecule has 0 unspecified atom stereocenters. The molecule has 0 spiro atoms. The average Bonchev–Trinajstić information content (AvgIpc) is 1.97. The van der Waals surface area contributed by atoms with Gasteiger partial charge in [-0.15, -0.1) is 0 Å². The van der Waals surface area contributed by atoms with Crippen LogP contribution in [0.4, 0.5) is 19.0 Å². The first-order valence-corrected chi connectivity index (χ1v) is 3.04. The maximum atomic E-state index is 12.0. The first-order valence-electron chi connectivity index (χ1n) is 3.04. The lowest BCUT2D eigenvalue weighted by atomic mass is 10.4. The predicted molar refractivity (Wildman–Crippen MR) is 38.1 cm³/mol. The molecule has 1 heterocycles. The van der Waals surface area contributed by atoms with Crippen molar-refractivity contribution in [3.8, 4) is 0 Å². The molecule has 1 aromatic rings. The fourth-order valence-corrected chi connectivity index (χ4v) is 0.654. The van der Waals surface area contributed by atoms with Crippen LogP contribution in [0.25, 0.3) is 0 Å². The molecule has 13 heavy (non-hydrogen) atoms. The van der Waals surface area contributed by atoms with Crippen LogP contribution in [0.1, 0.15) is 5.69 Å². The Morgan fingerprint density at radius 2 is 2.00 bits per heavy atom. The van der Waals surface area contributed by atoms with Crippen LogP contribution < -0.4 is 17.3 Å². The molecule has 1 aromatic heterocycles. The lowest BCUT2D eigenvalue weighted by Crippen LogP contribution is -2.33. The molecule has 0 radical (unpaired) electrons. The fourth-order valence-electron chi connectivity index (χ4n) is 0.654. The van der Waals surface area contributed by atoms with Crippen LogP contribution >= 0.6 is 0 Å². The van der Waals surface area contributed by atoms with E-state index in [-0.39, 0.29) is 0 Å². The van der Waals surface area contributed by atoms with Gasteiger partial charge in [0.15, 0.2) is 5.69 Å². The predicted octanol–water partition coefficient (Wildman–Crippen LogP) is -0.442. The SMILES string of the molecule is Nc1cc(C(F)(F)F)nc(=O)n1N. The van der Waals surface area contributed by atoms with E-state index in [0.717, 1.165) is 0 Å². The number of nitrogens with two attached hydrogens (primary N) is 2. The van der Waals surface area contributed by atoms with E-state index < -0.39 is 23.4 Å². The van der Waals surface area contributed by atoms with E-state index in [9.17, 15) is 18.0 Å². The highest BCUT2D eigenvalue weighted by molar-refractivity contribution is 5.31. The third-order valence-electron chi connectivity index (χ3n) is 1.28. The second-order valence-corrected chi connectivity index (χ2v) is 2.22. The minimum absolute atomic E-state index is 0.329. The smallest absolute Gasteiger partial charge is 0.384 e. The molecule has 0 aromatic carbocycles. The average molecular weight is 194 g/mol. The third-order valence-corrected chi connectivity index (χ3v) is 1.28. The zero-order valence-corrected chi connectivity index (χ0v) is 6.17.